The SMILES string of the molecule is CC(C)(C)c1ccc(-c2ccc3c(c2)N(c2ccc(-c4ccc5c(c4)C(C)(C)CCC5(C)C)cc2)c2cc(-c4ccc(C(C)(C)C)cc4)cc4c2B3c2ccc(-n3c5ccc(-c6ccccc6)cc5c5cc(-c6ccccc6)ccc53)cc2N4c2ccc(-c3ccc4c(c3)C(C)(C)CCC4(C)C)cc2)cc1. The van der Waals surface area contributed by atoms with Crippen LogP contribution in [0.5, 0.6) is 0 Å². The van der Waals surface area contributed by atoms with E-state index < -0.39 is 0 Å². The molecule has 4 heteroatoms. The molecule has 0 atom stereocenters. The molecule has 106 heavy (non-hydrogen) atoms. The third-order valence-electron chi connectivity index (χ3n) is 25.1. The van der Waals surface area contributed by atoms with Crippen LogP contribution >= 0.6 is 0 Å². The molecule has 0 spiro atoms. The third kappa shape index (κ3) is 11.3. The van der Waals surface area contributed by atoms with Crippen LogP contribution in [0.3, 0.4) is 0 Å². The molecule has 14 aromatic rings. The molecule has 0 bridgehead atoms. The van der Waals surface area contributed by atoms with Gasteiger partial charge in [0.2, 0.25) is 0 Å². The van der Waals surface area contributed by atoms with Gasteiger partial charge in [0.25, 0.3) is 6.71 Å². The van der Waals surface area contributed by atoms with Gasteiger partial charge in [-0.15, -0.1) is 0 Å². The van der Waals surface area contributed by atoms with Gasteiger partial charge in [0.15, 0.2) is 0 Å². The normalized spacial score (nSPS) is 15.9. The Hall–Kier alpha value is -10.7. The van der Waals surface area contributed by atoms with Gasteiger partial charge in [0, 0.05) is 50.6 Å². The minimum absolute atomic E-state index is 0.0159. The van der Waals surface area contributed by atoms with E-state index in [0.717, 1.165) is 22.7 Å². The highest BCUT2D eigenvalue weighted by Gasteiger charge is 2.45. The number of aromatic nitrogens is 1. The van der Waals surface area contributed by atoms with Crippen LogP contribution in [-0.4, -0.2) is 11.3 Å². The molecule has 3 nitrogen and oxygen atoms in total. The number of nitrogens with zero attached hydrogens (tertiary/aromatic N) is 3. The van der Waals surface area contributed by atoms with Crippen molar-refractivity contribution in [1.82, 2.24) is 4.57 Å². The van der Waals surface area contributed by atoms with Gasteiger partial charge in [-0.3, -0.25) is 0 Å². The molecule has 0 amide bonds. The Kier molecular flexibility index (Phi) is 15.5. The highest BCUT2D eigenvalue weighted by atomic mass is 15.2. The minimum Gasteiger partial charge on any atom is -0.311 e. The van der Waals surface area contributed by atoms with Crippen LogP contribution < -0.4 is 26.2 Å². The average molecular weight is 1370 g/mol. The fraction of sp³-hybridized carbons (Fsp3) is 0.235. The lowest BCUT2D eigenvalue weighted by Gasteiger charge is -2.45. The zero-order valence-corrected chi connectivity index (χ0v) is 64.3. The van der Waals surface area contributed by atoms with Crippen molar-refractivity contribution >= 4 is 79.0 Å². The van der Waals surface area contributed by atoms with Crippen LogP contribution in [0.25, 0.3) is 94.3 Å². The van der Waals surface area contributed by atoms with Gasteiger partial charge in [0.05, 0.1) is 11.0 Å². The quantitative estimate of drug-likeness (QED) is 0.133. The Morgan fingerprint density at radius 1 is 0.264 bits per heavy atom. The number of hydrogen-bond donors (Lipinski definition) is 0. The molecule has 0 saturated heterocycles. The van der Waals surface area contributed by atoms with Crippen LogP contribution in [0.2, 0.25) is 0 Å². The number of anilines is 6. The monoisotopic (exact) mass is 1370 g/mol. The molecule has 0 N–H and O–H groups in total. The van der Waals surface area contributed by atoms with E-state index in [9.17, 15) is 0 Å². The van der Waals surface area contributed by atoms with E-state index in [4.69, 9.17) is 0 Å². The number of benzene rings is 13. The van der Waals surface area contributed by atoms with Crippen molar-refractivity contribution in [3.63, 3.8) is 0 Å². The van der Waals surface area contributed by atoms with Gasteiger partial charge >= 0.3 is 0 Å². The summed E-state index contributed by atoms with van der Waals surface area (Å²) in [7, 11) is 0. The first kappa shape index (κ1) is 67.2. The Labute approximate surface area is 629 Å². The van der Waals surface area contributed by atoms with E-state index in [2.05, 4.69) is 390 Å². The van der Waals surface area contributed by atoms with Crippen LogP contribution in [0, 0.1) is 0 Å². The predicted molar refractivity (Wildman–Crippen MR) is 455 cm³/mol. The maximum absolute atomic E-state index is 2.63. The van der Waals surface area contributed by atoms with Crippen LogP contribution in [0.4, 0.5) is 34.1 Å². The second-order valence-electron chi connectivity index (χ2n) is 35.9. The highest BCUT2D eigenvalue weighted by Crippen LogP contribution is 2.52. The van der Waals surface area contributed by atoms with Crippen LogP contribution in [0.15, 0.2) is 279 Å². The maximum Gasteiger partial charge on any atom is 0.252 e. The molecule has 522 valence electrons. The molecule has 0 radical (unpaired) electrons. The lowest BCUT2D eigenvalue weighted by atomic mass is 9.33. The summed E-state index contributed by atoms with van der Waals surface area (Å²) in [6.07, 6.45) is 4.72. The Bertz CT molecular complexity index is 5720. The summed E-state index contributed by atoms with van der Waals surface area (Å²) >= 11 is 0. The summed E-state index contributed by atoms with van der Waals surface area (Å²) in [6, 6.07) is 108. The molecular weight excluding hydrogens is 1280 g/mol. The third-order valence-corrected chi connectivity index (χ3v) is 25.1. The molecular formula is C102H96BN3. The number of fused-ring (bicyclic) bond motifs is 9. The van der Waals surface area contributed by atoms with E-state index in [1.54, 1.807) is 0 Å². The number of rotatable bonds is 9. The fourth-order valence-corrected chi connectivity index (χ4v) is 18.4. The zero-order chi connectivity index (χ0) is 73.1. The Morgan fingerprint density at radius 2 is 0.575 bits per heavy atom. The summed E-state index contributed by atoms with van der Waals surface area (Å²) in [5.74, 6) is 0. The first-order valence-corrected chi connectivity index (χ1v) is 38.7. The van der Waals surface area contributed by atoms with Gasteiger partial charge in [0.1, 0.15) is 0 Å². The van der Waals surface area contributed by atoms with E-state index in [0.29, 0.717) is 0 Å². The zero-order valence-electron chi connectivity index (χ0n) is 64.3. The molecule has 0 saturated carbocycles. The van der Waals surface area contributed by atoms with E-state index in [-0.39, 0.29) is 39.2 Å². The largest absolute Gasteiger partial charge is 0.311 e. The first-order valence-electron chi connectivity index (χ1n) is 38.7. The Morgan fingerprint density at radius 3 is 1.00 bits per heavy atom. The van der Waals surface area contributed by atoms with Crippen molar-refractivity contribution in [3.05, 3.63) is 312 Å². The van der Waals surface area contributed by atoms with Crippen molar-refractivity contribution in [2.75, 3.05) is 9.80 Å². The second-order valence-corrected chi connectivity index (χ2v) is 35.9. The summed E-state index contributed by atoms with van der Waals surface area (Å²) in [4.78, 5) is 5.26. The standard InChI is InChI=1S/C102H96BN3/c1-97(2,3)77-38-25-67(26-39-77)75-35-49-88-92(61-75)104(79-42-29-68(30-43-79)73-33-47-84-86(59-73)101(11,12)55-53-99(84,7)8)94-62-76(70-27-40-78(41-28-70)98(4,5)6)63-95-96(94)103(88)89-50-46-81(64-93(89)105(95)80-44-31-69(32-45-80)74-34-48-85-87(60-74)102(13,14)56-54-100(85,9)10)106-90-51-36-71(65-21-17-15-18-22-65)57-82(90)83-58-72(37-52-91(83)106)66-23-19-16-20-24-66/h15-52,57-64H,53-56H2,1-14H3. The van der Waals surface area contributed by atoms with Crippen LogP contribution in [-0.2, 0) is 32.5 Å². The van der Waals surface area contributed by atoms with Crippen molar-refractivity contribution in [3.8, 4) is 72.4 Å². The summed E-state index contributed by atoms with van der Waals surface area (Å²) in [5.41, 5.74) is 37.7. The molecule has 0 unspecified atom stereocenters. The fourth-order valence-electron chi connectivity index (χ4n) is 18.4. The minimum atomic E-state index is -0.143. The lowest BCUT2D eigenvalue weighted by Crippen LogP contribution is -2.61. The molecule has 4 aliphatic rings. The smallest absolute Gasteiger partial charge is 0.252 e. The predicted octanol–water partition coefficient (Wildman–Crippen LogP) is 26.2. The van der Waals surface area contributed by atoms with E-state index >= 15 is 0 Å². The molecule has 2 aliphatic carbocycles. The van der Waals surface area contributed by atoms with Gasteiger partial charge < -0.3 is 14.4 Å². The summed E-state index contributed by atoms with van der Waals surface area (Å²) in [6.45, 7) is 33.2. The maximum atomic E-state index is 2.63. The van der Waals surface area contributed by atoms with Crippen molar-refractivity contribution in [1.29, 1.82) is 0 Å². The van der Waals surface area contributed by atoms with Crippen molar-refractivity contribution in [2.24, 2.45) is 0 Å². The van der Waals surface area contributed by atoms with Crippen LogP contribution in [0.1, 0.15) is 156 Å². The topological polar surface area (TPSA) is 11.4 Å². The lowest BCUT2D eigenvalue weighted by molar-refractivity contribution is 0.332. The van der Waals surface area contributed by atoms with E-state index in [1.165, 1.54) is 181 Å². The molecule has 2 aliphatic heterocycles. The molecule has 13 aromatic carbocycles. The average Bonchev–Trinajstić information content (AvgIpc) is 0.773. The van der Waals surface area contributed by atoms with Crippen molar-refractivity contribution < 1.29 is 0 Å². The van der Waals surface area contributed by atoms with Gasteiger partial charge in [-0.25, -0.2) is 0 Å². The molecule has 3 heterocycles. The second kappa shape index (κ2) is 24.4. The molecule has 0 fully saturated rings. The van der Waals surface area contributed by atoms with Crippen molar-refractivity contribution in [2.45, 2.75) is 155 Å². The molecule has 18 rings (SSSR count). The first-order chi connectivity index (χ1) is 50.7. The number of hydrogen-bond acceptors (Lipinski definition) is 2. The van der Waals surface area contributed by atoms with Gasteiger partial charge in [-0.1, -0.05) is 297 Å². The molecule has 1 aromatic heterocycles. The highest BCUT2D eigenvalue weighted by molar-refractivity contribution is 7.00. The van der Waals surface area contributed by atoms with Gasteiger partial charge in [-0.2, -0.15) is 0 Å². The summed E-state index contributed by atoms with van der Waals surface area (Å²) in [5, 5.41) is 2.44. The van der Waals surface area contributed by atoms with E-state index in [1.807, 2.05) is 0 Å². The summed E-state index contributed by atoms with van der Waals surface area (Å²) < 4.78 is 2.53. The van der Waals surface area contributed by atoms with Gasteiger partial charge in [-0.05, 0) is 254 Å². The Balaban J connectivity index is 0.889.